The van der Waals surface area contributed by atoms with Gasteiger partial charge in [0, 0.05) is 49.0 Å². The molecule has 3 N–H and O–H groups in total. The number of nitrogens with zero attached hydrogens (tertiary/aromatic N) is 8. The number of alkyl halides is 2. The largest absolute Gasteiger partial charge is 0.467 e. The molecule has 2 amide bonds. The Kier molecular flexibility index (Phi) is 9.71. The van der Waals surface area contributed by atoms with E-state index in [9.17, 15) is 13.6 Å². The normalized spacial score (nSPS) is 16.1. The Hall–Kier alpha value is -5.31. The summed E-state index contributed by atoms with van der Waals surface area (Å²) in [6.45, 7) is 0.343. The molecule has 1 aromatic carbocycles. The van der Waals surface area contributed by atoms with Crippen molar-refractivity contribution in [2.75, 3.05) is 17.3 Å². The molecule has 0 atom stereocenters. The van der Waals surface area contributed by atoms with E-state index in [0.29, 0.717) is 49.3 Å². The van der Waals surface area contributed by atoms with Gasteiger partial charge in [-0.3, -0.25) is 15.0 Å². The maximum atomic E-state index is 13.7. The number of benzene rings is 1. The predicted octanol–water partition coefficient (Wildman–Crippen LogP) is 5.85. The number of methoxy groups -OCH3 is 1. The quantitative estimate of drug-likeness (QED) is 0.166. The summed E-state index contributed by atoms with van der Waals surface area (Å²) < 4.78 is 32.5. The summed E-state index contributed by atoms with van der Waals surface area (Å²) in [5.74, 6) is 0.588. The number of carbonyl (C=O) groups excluding carboxylic acids is 1. The van der Waals surface area contributed by atoms with Gasteiger partial charge in [-0.25, -0.2) is 38.5 Å². The van der Waals surface area contributed by atoms with Crippen LogP contribution in [0.2, 0.25) is 5.02 Å². The van der Waals surface area contributed by atoms with Gasteiger partial charge in [-0.05, 0) is 31.2 Å². The molecule has 1 saturated carbocycles. The lowest BCUT2D eigenvalue weighted by Crippen LogP contribution is -2.49. The maximum absolute atomic E-state index is 13.7. The van der Waals surface area contributed by atoms with Crippen LogP contribution in [0, 0.1) is 0 Å². The van der Waals surface area contributed by atoms with Crippen molar-refractivity contribution >= 4 is 29.4 Å². The van der Waals surface area contributed by atoms with E-state index < -0.39 is 6.43 Å². The van der Waals surface area contributed by atoms with E-state index >= 15 is 0 Å². The molecular weight excluding hydrogens is 632 g/mol. The van der Waals surface area contributed by atoms with Crippen molar-refractivity contribution < 1.29 is 18.3 Å². The van der Waals surface area contributed by atoms with E-state index in [4.69, 9.17) is 16.3 Å². The zero-order valence-corrected chi connectivity index (χ0v) is 25.9. The second kappa shape index (κ2) is 14.4. The van der Waals surface area contributed by atoms with Gasteiger partial charge < -0.3 is 15.4 Å². The number of nitrogens with one attached hydrogen (secondary N) is 3. The highest BCUT2D eigenvalue weighted by atomic mass is 35.5. The van der Waals surface area contributed by atoms with Gasteiger partial charge in [0.2, 0.25) is 5.95 Å². The van der Waals surface area contributed by atoms with Gasteiger partial charge in [0.05, 0.1) is 35.8 Å². The van der Waals surface area contributed by atoms with Crippen LogP contribution in [-0.2, 0) is 6.54 Å². The molecule has 13 nitrogen and oxygen atoms in total. The molecule has 6 rings (SSSR count). The maximum Gasteiger partial charge on any atom is 0.323 e. The predicted molar refractivity (Wildman–Crippen MR) is 170 cm³/mol. The minimum absolute atomic E-state index is 0.0399. The van der Waals surface area contributed by atoms with E-state index in [1.807, 2.05) is 30.3 Å². The number of anilines is 2. The number of urea groups is 1. The molecule has 0 saturated heterocycles. The third-order valence-corrected chi connectivity index (χ3v) is 8.05. The van der Waals surface area contributed by atoms with Crippen molar-refractivity contribution in [1.29, 1.82) is 0 Å². The summed E-state index contributed by atoms with van der Waals surface area (Å²) in [6.07, 6.45) is 8.56. The van der Waals surface area contributed by atoms with Gasteiger partial charge in [-0.15, -0.1) is 0 Å². The molecule has 4 aromatic heterocycles. The van der Waals surface area contributed by atoms with Gasteiger partial charge in [0.1, 0.15) is 11.4 Å². The number of hydrogen-bond acceptors (Lipinski definition) is 10. The fraction of sp³-hybridized carbons (Fsp3) is 0.290. The number of H-pyrrole nitrogens is 1. The molecular formula is C31H30ClF2N11O2. The lowest BCUT2D eigenvalue weighted by Gasteiger charge is -2.36. The van der Waals surface area contributed by atoms with Crippen LogP contribution >= 0.6 is 11.6 Å². The summed E-state index contributed by atoms with van der Waals surface area (Å²) in [5.41, 5.74) is 1.88. The van der Waals surface area contributed by atoms with Gasteiger partial charge in [-0.1, -0.05) is 41.9 Å². The first-order chi connectivity index (χ1) is 22.9. The summed E-state index contributed by atoms with van der Waals surface area (Å²) >= 11 is 6.15. The third-order valence-electron chi connectivity index (χ3n) is 7.76. The van der Waals surface area contributed by atoms with Crippen LogP contribution in [0.3, 0.4) is 0 Å². The number of amides is 2. The zero-order valence-electron chi connectivity index (χ0n) is 25.1. The molecule has 47 heavy (non-hydrogen) atoms. The highest BCUT2D eigenvalue weighted by Crippen LogP contribution is 2.33. The molecule has 0 spiro atoms. The van der Waals surface area contributed by atoms with Gasteiger partial charge in [-0.2, -0.15) is 5.10 Å². The molecule has 5 aromatic rings. The summed E-state index contributed by atoms with van der Waals surface area (Å²) in [7, 11) is 1.49. The van der Waals surface area contributed by atoms with Crippen molar-refractivity contribution in [1.82, 2.24) is 45.4 Å². The molecule has 242 valence electrons. The van der Waals surface area contributed by atoms with Crippen molar-refractivity contribution in [2.24, 2.45) is 0 Å². The summed E-state index contributed by atoms with van der Waals surface area (Å²) in [4.78, 5) is 41.2. The molecule has 16 heteroatoms. The van der Waals surface area contributed by atoms with E-state index in [1.165, 1.54) is 13.3 Å². The Labute approximate surface area is 273 Å². The monoisotopic (exact) mass is 661 g/mol. The topological polar surface area (TPSA) is 160 Å². The standard InChI is InChI=1S/C31H30ClF2N11O2/c1-47-30-38-12-19(13-39-30)24-16-36-25(17-35-24)45(31(46)40-11-18-5-3-2-4-6-18)21-9-7-20(8-10-21)42-29-37-14-22(28(33)34)26(43-29)27-23(32)15-41-44-27/h2-6,12-17,20-21,28H,7-11H2,1H3,(H,40,46)(H,41,44)(H,37,42,43)/t20-,21-. The van der Waals surface area contributed by atoms with Crippen LogP contribution in [0.25, 0.3) is 22.6 Å². The van der Waals surface area contributed by atoms with Crippen molar-refractivity contribution in [3.63, 3.8) is 0 Å². The molecule has 1 fully saturated rings. The van der Waals surface area contributed by atoms with E-state index in [0.717, 1.165) is 11.8 Å². The number of aromatic nitrogens is 8. The summed E-state index contributed by atoms with van der Waals surface area (Å²) in [5, 5.41) is 13.0. The smallest absolute Gasteiger partial charge is 0.323 e. The second-order valence-corrected chi connectivity index (χ2v) is 11.2. The minimum Gasteiger partial charge on any atom is -0.467 e. The molecule has 0 unspecified atom stereocenters. The molecule has 0 bridgehead atoms. The molecule has 4 heterocycles. The van der Waals surface area contributed by atoms with E-state index in [2.05, 4.69) is 50.7 Å². The fourth-order valence-corrected chi connectivity index (χ4v) is 5.56. The first-order valence-corrected chi connectivity index (χ1v) is 15.2. The number of aromatic amines is 1. The molecule has 1 aliphatic rings. The van der Waals surface area contributed by atoms with E-state index in [1.54, 1.807) is 29.7 Å². The second-order valence-electron chi connectivity index (χ2n) is 10.8. The lowest BCUT2D eigenvalue weighted by molar-refractivity contribution is 0.151. The number of rotatable bonds is 10. The van der Waals surface area contributed by atoms with E-state index in [-0.39, 0.29) is 52.0 Å². The minimum atomic E-state index is -2.80. The van der Waals surface area contributed by atoms with Crippen LogP contribution < -0.4 is 20.3 Å². The first kappa shape index (κ1) is 31.7. The molecule has 0 radical (unpaired) electrons. The van der Waals surface area contributed by atoms with Crippen molar-refractivity contribution in [3.8, 4) is 28.7 Å². The van der Waals surface area contributed by atoms with Crippen LogP contribution in [-0.4, -0.2) is 65.3 Å². The Morgan fingerprint density at radius 2 is 1.77 bits per heavy atom. The number of ether oxygens (including phenoxy) is 1. The highest BCUT2D eigenvalue weighted by Gasteiger charge is 2.32. The van der Waals surface area contributed by atoms with Crippen molar-refractivity contribution in [3.05, 3.63) is 83.7 Å². The number of halogens is 3. The van der Waals surface area contributed by atoms with Crippen LogP contribution in [0.4, 0.5) is 25.3 Å². The lowest BCUT2D eigenvalue weighted by atomic mass is 9.90. The van der Waals surface area contributed by atoms with Crippen LogP contribution in [0.15, 0.2) is 67.5 Å². The van der Waals surface area contributed by atoms with Gasteiger partial charge in [0.15, 0.2) is 5.82 Å². The number of carbonyl (C=O) groups is 1. The van der Waals surface area contributed by atoms with Crippen LogP contribution in [0.1, 0.15) is 43.2 Å². The zero-order chi connectivity index (χ0) is 32.8. The van der Waals surface area contributed by atoms with Gasteiger partial charge in [0.25, 0.3) is 6.43 Å². The SMILES string of the molecule is COc1ncc(-c2cnc(N(C(=O)NCc3ccccc3)[C@H]3CC[C@H](Nc4ncc(C(F)F)c(-c5n[nH]cc5Cl)n4)CC3)cn2)cn1. The average Bonchev–Trinajstić information content (AvgIpc) is 3.54. The highest BCUT2D eigenvalue weighted by molar-refractivity contribution is 6.32. The van der Waals surface area contributed by atoms with Crippen molar-refractivity contribution in [2.45, 2.75) is 50.7 Å². The Morgan fingerprint density at radius 1 is 1.00 bits per heavy atom. The van der Waals surface area contributed by atoms with Crippen LogP contribution in [0.5, 0.6) is 6.01 Å². The van der Waals surface area contributed by atoms with Gasteiger partial charge >= 0.3 is 12.0 Å². The Bertz CT molecular complexity index is 1790. The molecule has 1 aliphatic carbocycles. The average molecular weight is 662 g/mol. The Balaban J connectivity index is 1.17. The molecule has 0 aliphatic heterocycles. The first-order valence-electron chi connectivity index (χ1n) is 14.8. The number of hydrogen-bond donors (Lipinski definition) is 3. The Morgan fingerprint density at radius 3 is 2.40 bits per heavy atom. The summed E-state index contributed by atoms with van der Waals surface area (Å²) in [6, 6.07) is 9.31. The third kappa shape index (κ3) is 7.41. The fourth-order valence-electron chi connectivity index (χ4n) is 5.38.